The zero-order chi connectivity index (χ0) is 14.7. The predicted octanol–water partition coefficient (Wildman–Crippen LogP) is 5.31. The molecule has 106 valence electrons. The summed E-state index contributed by atoms with van der Waals surface area (Å²) in [6, 6.07) is 9.18. The van der Waals surface area contributed by atoms with Crippen molar-refractivity contribution in [2.24, 2.45) is 0 Å². The van der Waals surface area contributed by atoms with Crippen molar-refractivity contribution < 1.29 is 13.5 Å². The molecule has 0 fully saturated rings. The number of benzene rings is 2. The van der Waals surface area contributed by atoms with E-state index in [1.54, 1.807) is 31.4 Å². The van der Waals surface area contributed by atoms with Gasteiger partial charge in [-0.25, -0.2) is 8.78 Å². The molecule has 2 rings (SSSR count). The van der Waals surface area contributed by atoms with Gasteiger partial charge in [0, 0.05) is 15.4 Å². The van der Waals surface area contributed by atoms with Crippen LogP contribution in [0.25, 0.3) is 0 Å². The minimum atomic E-state index is -0.847. The highest BCUT2D eigenvalue weighted by atomic mass is 79.9. The van der Waals surface area contributed by atoms with Crippen LogP contribution in [0.5, 0.6) is 5.75 Å². The van der Waals surface area contributed by atoms with Gasteiger partial charge in [0.25, 0.3) is 0 Å². The Labute approximate surface area is 129 Å². The van der Waals surface area contributed by atoms with Crippen LogP contribution < -0.4 is 4.74 Å². The zero-order valence-electron chi connectivity index (χ0n) is 10.7. The monoisotopic (exact) mass is 360 g/mol. The molecule has 0 spiro atoms. The number of methoxy groups -OCH3 is 1. The molecule has 0 aromatic heterocycles. The summed E-state index contributed by atoms with van der Waals surface area (Å²) in [4.78, 5) is -0.110. The van der Waals surface area contributed by atoms with E-state index < -0.39 is 11.6 Å². The van der Waals surface area contributed by atoms with Crippen LogP contribution in [0.1, 0.15) is 16.0 Å². The van der Waals surface area contributed by atoms with Crippen LogP contribution in [-0.2, 0) is 6.42 Å². The van der Waals surface area contributed by atoms with E-state index in [1.807, 2.05) is 0 Å². The van der Waals surface area contributed by atoms with Crippen molar-refractivity contribution in [2.45, 2.75) is 11.2 Å². The van der Waals surface area contributed by atoms with Crippen LogP contribution in [0.3, 0.4) is 0 Å². The third kappa shape index (κ3) is 3.49. The first-order valence-corrected chi connectivity index (χ1v) is 7.22. The zero-order valence-corrected chi connectivity index (χ0v) is 13.0. The molecule has 2 aromatic carbocycles. The molecular weight excluding hydrogens is 350 g/mol. The molecule has 0 saturated heterocycles. The highest BCUT2D eigenvalue weighted by Gasteiger charge is 2.15. The third-order valence-corrected chi connectivity index (χ3v) is 3.98. The van der Waals surface area contributed by atoms with E-state index in [-0.39, 0.29) is 4.83 Å². The van der Waals surface area contributed by atoms with Gasteiger partial charge in [0.15, 0.2) is 11.6 Å². The van der Waals surface area contributed by atoms with Gasteiger partial charge >= 0.3 is 0 Å². The molecule has 0 aliphatic carbocycles. The van der Waals surface area contributed by atoms with Crippen molar-refractivity contribution in [3.05, 3.63) is 64.2 Å². The van der Waals surface area contributed by atoms with Crippen molar-refractivity contribution in [1.82, 2.24) is 0 Å². The Morgan fingerprint density at radius 3 is 2.55 bits per heavy atom. The topological polar surface area (TPSA) is 9.23 Å². The van der Waals surface area contributed by atoms with E-state index >= 15 is 0 Å². The van der Waals surface area contributed by atoms with Gasteiger partial charge < -0.3 is 4.74 Å². The summed E-state index contributed by atoms with van der Waals surface area (Å²) in [5.74, 6) is -1.00. The van der Waals surface area contributed by atoms with E-state index in [0.717, 1.165) is 11.6 Å². The van der Waals surface area contributed by atoms with Gasteiger partial charge in [-0.2, -0.15) is 0 Å². The van der Waals surface area contributed by atoms with Gasteiger partial charge in [-0.3, -0.25) is 0 Å². The van der Waals surface area contributed by atoms with Gasteiger partial charge in [0.1, 0.15) is 5.75 Å². The summed E-state index contributed by atoms with van der Waals surface area (Å²) in [5, 5.41) is 0.593. The molecule has 0 aliphatic rings. The van der Waals surface area contributed by atoms with E-state index in [0.29, 0.717) is 22.8 Å². The summed E-state index contributed by atoms with van der Waals surface area (Å²) in [6.07, 6.45) is 0.494. The Hall–Kier alpha value is -1.13. The summed E-state index contributed by atoms with van der Waals surface area (Å²) in [5.41, 5.74) is 1.55. The molecule has 1 nitrogen and oxygen atoms in total. The fourth-order valence-electron chi connectivity index (χ4n) is 1.93. The molecule has 0 bridgehead atoms. The number of halogens is 4. The lowest BCUT2D eigenvalue weighted by atomic mass is 10.0. The summed E-state index contributed by atoms with van der Waals surface area (Å²) < 4.78 is 31.4. The molecule has 20 heavy (non-hydrogen) atoms. The van der Waals surface area contributed by atoms with E-state index in [1.165, 1.54) is 6.07 Å². The second-order valence-electron chi connectivity index (χ2n) is 4.31. The summed E-state index contributed by atoms with van der Waals surface area (Å²) in [6.45, 7) is 0. The lowest BCUT2D eigenvalue weighted by Crippen LogP contribution is -2.00. The highest BCUT2D eigenvalue weighted by molar-refractivity contribution is 9.09. The maximum atomic E-state index is 13.2. The average molecular weight is 362 g/mol. The van der Waals surface area contributed by atoms with Crippen LogP contribution in [0, 0.1) is 11.6 Å². The average Bonchev–Trinajstić information content (AvgIpc) is 2.43. The summed E-state index contributed by atoms with van der Waals surface area (Å²) in [7, 11) is 1.57. The largest absolute Gasteiger partial charge is 0.496 e. The number of hydrogen-bond donors (Lipinski definition) is 0. The quantitative estimate of drug-likeness (QED) is 0.671. The van der Waals surface area contributed by atoms with Crippen LogP contribution >= 0.6 is 27.5 Å². The standard InChI is InChI=1S/C15H12BrClF2O/c1-20-15-5-3-10(17)8-11(15)12(16)6-9-2-4-13(18)14(19)7-9/h2-5,7-8,12H,6H2,1H3. The van der Waals surface area contributed by atoms with Crippen LogP contribution in [0.2, 0.25) is 5.02 Å². The second-order valence-corrected chi connectivity index (χ2v) is 5.85. The first kappa shape index (κ1) is 15.3. The third-order valence-electron chi connectivity index (χ3n) is 2.93. The second kappa shape index (κ2) is 6.55. The predicted molar refractivity (Wildman–Crippen MR) is 79.7 cm³/mol. The van der Waals surface area contributed by atoms with Gasteiger partial charge in [-0.05, 0) is 42.3 Å². The normalized spacial score (nSPS) is 12.2. The SMILES string of the molecule is COc1ccc(Cl)cc1C(Br)Cc1ccc(F)c(F)c1. The van der Waals surface area contributed by atoms with Gasteiger partial charge in [0.05, 0.1) is 7.11 Å². The fraction of sp³-hybridized carbons (Fsp3) is 0.200. The lowest BCUT2D eigenvalue weighted by Gasteiger charge is -2.15. The molecular formula is C15H12BrClF2O. The molecule has 1 atom stereocenters. The molecule has 0 saturated carbocycles. The van der Waals surface area contributed by atoms with Crippen molar-refractivity contribution in [2.75, 3.05) is 7.11 Å². The van der Waals surface area contributed by atoms with Crippen molar-refractivity contribution in [3.63, 3.8) is 0 Å². The van der Waals surface area contributed by atoms with Gasteiger partial charge in [0.2, 0.25) is 0 Å². The van der Waals surface area contributed by atoms with Gasteiger partial charge in [-0.1, -0.05) is 33.6 Å². The van der Waals surface area contributed by atoms with E-state index in [4.69, 9.17) is 16.3 Å². The molecule has 5 heteroatoms. The van der Waals surface area contributed by atoms with Crippen LogP contribution in [0.15, 0.2) is 36.4 Å². The Morgan fingerprint density at radius 2 is 1.90 bits per heavy atom. The molecule has 0 amide bonds. The first-order valence-electron chi connectivity index (χ1n) is 5.92. The Kier molecular flexibility index (Phi) is 5.00. The molecule has 0 aliphatic heterocycles. The Bertz CT molecular complexity index is 619. The first-order chi connectivity index (χ1) is 9.51. The maximum absolute atomic E-state index is 13.2. The lowest BCUT2D eigenvalue weighted by molar-refractivity contribution is 0.409. The Balaban J connectivity index is 2.25. The minimum absolute atomic E-state index is 0.110. The van der Waals surface area contributed by atoms with Crippen molar-refractivity contribution >= 4 is 27.5 Å². The van der Waals surface area contributed by atoms with Crippen molar-refractivity contribution in [1.29, 1.82) is 0 Å². The smallest absolute Gasteiger partial charge is 0.159 e. The molecule has 0 N–H and O–H groups in total. The maximum Gasteiger partial charge on any atom is 0.159 e. The van der Waals surface area contributed by atoms with E-state index in [2.05, 4.69) is 15.9 Å². The van der Waals surface area contributed by atoms with Crippen LogP contribution in [-0.4, -0.2) is 7.11 Å². The molecule has 2 aromatic rings. The number of ether oxygens (including phenoxy) is 1. The number of hydrogen-bond acceptors (Lipinski definition) is 1. The fourth-order valence-corrected chi connectivity index (χ4v) is 2.85. The molecule has 1 unspecified atom stereocenters. The van der Waals surface area contributed by atoms with Crippen molar-refractivity contribution in [3.8, 4) is 5.75 Å². The van der Waals surface area contributed by atoms with Crippen LogP contribution in [0.4, 0.5) is 8.78 Å². The molecule has 0 radical (unpaired) electrons. The number of alkyl halides is 1. The highest BCUT2D eigenvalue weighted by Crippen LogP contribution is 2.35. The van der Waals surface area contributed by atoms with E-state index in [9.17, 15) is 8.78 Å². The van der Waals surface area contributed by atoms with Gasteiger partial charge in [-0.15, -0.1) is 0 Å². The Morgan fingerprint density at radius 1 is 1.15 bits per heavy atom. The number of rotatable bonds is 4. The minimum Gasteiger partial charge on any atom is -0.496 e. The molecule has 0 heterocycles. The summed E-state index contributed by atoms with van der Waals surface area (Å²) >= 11 is 9.52.